The Kier molecular flexibility index (Phi) is 3.13. The number of aliphatic hydroxyl groups is 1. The van der Waals surface area contributed by atoms with Gasteiger partial charge in [0.1, 0.15) is 0 Å². The van der Waals surface area contributed by atoms with E-state index in [1.807, 2.05) is 0 Å². The summed E-state index contributed by atoms with van der Waals surface area (Å²) in [5.41, 5.74) is 4.03. The molecule has 2 unspecified atom stereocenters. The molecule has 1 fully saturated rings. The molecule has 2 nitrogen and oxygen atoms in total. The molecule has 1 aliphatic carbocycles. The molecule has 1 heterocycles. The molecular weight excluding hydrogens is 222 g/mol. The van der Waals surface area contributed by atoms with Gasteiger partial charge in [0.05, 0.1) is 6.10 Å². The van der Waals surface area contributed by atoms with Gasteiger partial charge in [-0.3, -0.25) is 0 Å². The van der Waals surface area contributed by atoms with Crippen LogP contribution in [0.2, 0.25) is 0 Å². The Morgan fingerprint density at radius 1 is 1.28 bits per heavy atom. The first-order valence-corrected chi connectivity index (χ1v) is 7.05. The van der Waals surface area contributed by atoms with Gasteiger partial charge in [-0.05, 0) is 42.7 Å². The van der Waals surface area contributed by atoms with Crippen LogP contribution in [0.3, 0.4) is 0 Å². The average molecular weight is 243 g/mol. The maximum absolute atomic E-state index is 9.95. The van der Waals surface area contributed by atoms with Gasteiger partial charge in [-0.15, -0.1) is 0 Å². The lowest BCUT2D eigenvalue weighted by Crippen LogP contribution is -2.15. The van der Waals surface area contributed by atoms with E-state index < -0.39 is 0 Å². The van der Waals surface area contributed by atoms with E-state index in [4.69, 9.17) is 0 Å². The molecular formula is C16H21NO. The summed E-state index contributed by atoms with van der Waals surface area (Å²) in [7, 11) is 0. The van der Waals surface area contributed by atoms with Gasteiger partial charge < -0.3 is 10.1 Å². The van der Waals surface area contributed by atoms with Crippen LogP contribution in [0.25, 0.3) is 10.9 Å². The summed E-state index contributed by atoms with van der Waals surface area (Å²) in [6, 6.07) is 6.53. The van der Waals surface area contributed by atoms with Crippen molar-refractivity contribution in [2.45, 2.75) is 45.1 Å². The van der Waals surface area contributed by atoms with Crippen molar-refractivity contribution in [3.63, 3.8) is 0 Å². The average Bonchev–Trinajstić information content (AvgIpc) is 2.97. The normalized spacial score (nSPS) is 23.9. The summed E-state index contributed by atoms with van der Waals surface area (Å²) in [5.74, 6) is 0.453. The Labute approximate surface area is 108 Å². The van der Waals surface area contributed by atoms with E-state index in [0.717, 1.165) is 19.3 Å². The SMILES string of the molecule is CCc1cccc2c(CC3CCCC3O)c[nH]c12. The minimum absolute atomic E-state index is 0.0932. The van der Waals surface area contributed by atoms with Crippen molar-refractivity contribution >= 4 is 10.9 Å². The monoisotopic (exact) mass is 243 g/mol. The summed E-state index contributed by atoms with van der Waals surface area (Å²) >= 11 is 0. The van der Waals surface area contributed by atoms with Gasteiger partial charge in [-0.25, -0.2) is 0 Å². The van der Waals surface area contributed by atoms with E-state index in [9.17, 15) is 5.11 Å². The van der Waals surface area contributed by atoms with Crippen LogP contribution >= 0.6 is 0 Å². The number of hydrogen-bond acceptors (Lipinski definition) is 1. The Balaban J connectivity index is 1.93. The van der Waals surface area contributed by atoms with Crippen molar-refractivity contribution in [3.8, 4) is 0 Å². The van der Waals surface area contributed by atoms with Crippen LogP contribution in [-0.4, -0.2) is 16.2 Å². The van der Waals surface area contributed by atoms with Crippen molar-refractivity contribution in [1.29, 1.82) is 0 Å². The second-order valence-corrected chi connectivity index (χ2v) is 5.47. The smallest absolute Gasteiger partial charge is 0.0571 e. The maximum Gasteiger partial charge on any atom is 0.0571 e. The zero-order valence-corrected chi connectivity index (χ0v) is 10.9. The summed E-state index contributed by atoms with van der Waals surface area (Å²) in [4.78, 5) is 3.41. The number of nitrogens with one attached hydrogen (secondary N) is 1. The molecule has 2 N–H and O–H groups in total. The topological polar surface area (TPSA) is 36.0 Å². The minimum Gasteiger partial charge on any atom is -0.393 e. The fraction of sp³-hybridized carbons (Fsp3) is 0.500. The van der Waals surface area contributed by atoms with Gasteiger partial charge in [0, 0.05) is 17.1 Å². The summed E-state index contributed by atoms with van der Waals surface area (Å²) in [6.07, 6.45) is 7.43. The molecule has 0 saturated heterocycles. The minimum atomic E-state index is -0.0932. The Bertz CT molecular complexity index is 543. The summed E-state index contributed by atoms with van der Waals surface area (Å²) < 4.78 is 0. The summed E-state index contributed by atoms with van der Waals surface area (Å²) in [5, 5.41) is 11.3. The lowest BCUT2D eigenvalue weighted by atomic mass is 9.95. The third-order valence-corrected chi connectivity index (χ3v) is 4.37. The van der Waals surface area contributed by atoms with E-state index in [-0.39, 0.29) is 6.10 Å². The number of rotatable bonds is 3. The number of benzene rings is 1. The highest BCUT2D eigenvalue weighted by molar-refractivity contribution is 5.86. The van der Waals surface area contributed by atoms with Gasteiger partial charge in [0.2, 0.25) is 0 Å². The van der Waals surface area contributed by atoms with Crippen molar-refractivity contribution in [3.05, 3.63) is 35.5 Å². The Morgan fingerprint density at radius 2 is 2.17 bits per heavy atom. The second kappa shape index (κ2) is 4.77. The molecule has 1 aliphatic rings. The van der Waals surface area contributed by atoms with E-state index in [0.29, 0.717) is 5.92 Å². The largest absolute Gasteiger partial charge is 0.393 e. The van der Waals surface area contributed by atoms with Crippen molar-refractivity contribution in [2.24, 2.45) is 5.92 Å². The highest BCUT2D eigenvalue weighted by Gasteiger charge is 2.26. The van der Waals surface area contributed by atoms with Gasteiger partial charge in [0.15, 0.2) is 0 Å². The molecule has 1 saturated carbocycles. The highest BCUT2D eigenvalue weighted by Crippen LogP contribution is 2.31. The number of aliphatic hydroxyl groups excluding tert-OH is 1. The van der Waals surface area contributed by atoms with Crippen LogP contribution in [0, 0.1) is 5.92 Å². The van der Waals surface area contributed by atoms with Crippen LogP contribution in [0.4, 0.5) is 0 Å². The van der Waals surface area contributed by atoms with Crippen LogP contribution in [0.1, 0.15) is 37.3 Å². The van der Waals surface area contributed by atoms with Gasteiger partial charge in [0.25, 0.3) is 0 Å². The molecule has 0 bridgehead atoms. The predicted molar refractivity (Wildman–Crippen MR) is 74.7 cm³/mol. The molecule has 0 spiro atoms. The third-order valence-electron chi connectivity index (χ3n) is 4.37. The number of fused-ring (bicyclic) bond motifs is 1. The van der Waals surface area contributed by atoms with Crippen LogP contribution in [0.5, 0.6) is 0 Å². The molecule has 3 rings (SSSR count). The number of hydrogen-bond donors (Lipinski definition) is 2. The lowest BCUT2D eigenvalue weighted by Gasteiger charge is -2.13. The molecule has 0 radical (unpaired) electrons. The standard InChI is InChI=1S/C16H21NO/c1-2-11-5-3-7-14-13(10-17-16(11)14)9-12-6-4-8-15(12)18/h3,5,7,10,12,15,17-18H,2,4,6,8-9H2,1H3. The molecule has 2 aromatic rings. The van der Waals surface area contributed by atoms with E-state index in [1.165, 1.54) is 34.9 Å². The molecule has 0 aliphatic heterocycles. The molecule has 2 atom stereocenters. The third kappa shape index (κ3) is 1.95. The van der Waals surface area contributed by atoms with Gasteiger partial charge >= 0.3 is 0 Å². The molecule has 18 heavy (non-hydrogen) atoms. The number of aromatic nitrogens is 1. The number of aryl methyl sites for hydroxylation is 1. The first-order chi connectivity index (χ1) is 8.79. The molecule has 1 aromatic carbocycles. The number of para-hydroxylation sites is 1. The number of aromatic amines is 1. The Morgan fingerprint density at radius 3 is 2.89 bits per heavy atom. The van der Waals surface area contributed by atoms with Crippen LogP contribution < -0.4 is 0 Å². The highest BCUT2D eigenvalue weighted by atomic mass is 16.3. The zero-order chi connectivity index (χ0) is 12.5. The fourth-order valence-corrected chi connectivity index (χ4v) is 3.28. The molecule has 1 aromatic heterocycles. The first kappa shape index (κ1) is 11.8. The van der Waals surface area contributed by atoms with E-state index >= 15 is 0 Å². The quantitative estimate of drug-likeness (QED) is 0.851. The van der Waals surface area contributed by atoms with E-state index in [1.54, 1.807) is 0 Å². The van der Waals surface area contributed by atoms with Gasteiger partial charge in [-0.1, -0.05) is 31.5 Å². The van der Waals surface area contributed by atoms with Gasteiger partial charge in [-0.2, -0.15) is 0 Å². The lowest BCUT2D eigenvalue weighted by molar-refractivity contribution is 0.133. The fourth-order valence-electron chi connectivity index (χ4n) is 3.28. The van der Waals surface area contributed by atoms with Crippen molar-refractivity contribution < 1.29 is 5.11 Å². The van der Waals surface area contributed by atoms with Crippen LogP contribution in [-0.2, 0) is 12.8 Å². The van der Waals surface area contributed by atoms with Crippen molar-refractivity contribution in [2.75, 3.05) is 0 Å². The molecule has 96 valence electrons. The number of H-pyrrole nitrogens is 1. The summed E-state index contributed by atoms with van der Waals surface area (Å²) in [6.45, 7) is 2.19. The Hall–Kier alpha value is -1.28. The predicted octanol–water partition coefficient (Wildman–Crippen LogP) is 3.43. The van der Waals surface area contributed by atoms with Crippen LogP contribution in [0.15, 0.2) is 24.4 Å². The molecule has 2 heteroatoms. The zero-order valence-electron chi connectivity index (χ0n) is 10.9. The maximum atomic E-state index is 9.95. The molecule has 0 amide bonds. The van der Waals surface area contributed by atoms with Crippen molar-refractivity contribution in [1.82, 2.24) is 4.98 Å². The second-order valence-electron chi connectivity index (χ2n) is 5.47. The van der Waals surface area contributed by atoms with E-state index in [2.05, 4.69) is 36.3 Å². The first-order valence-electron chi connectivity index (χ1n) is 7.05.